The third-order valence-corrected chi connectivity index (χ3v) is 12.6. The number of carboxylic acids is 1. The number of nitrogens with zero attached hydrogens (tertiary/aromatic N) is 4. The van der Waals surface area contributed by atoms with Crippen molar-refractivity contribution in [3.63, 3.8) is 0 Å². The molecule has 1 aromatic carbocycles. The Morgan fingerprint density at radius 3 is 2.34 bits per heavy atom. The number of hydrogen-bond acceptors (Lipinski definition) is 6. The third-order valence-electron chi connectivity index (χ3n) is 12.6. The highest BCUT2D eigenvalue weighted by molar-refractivity contribution is 6.00. The fourth-order valence-corrected chi connectivity index (χ4v) is 10.1. The zero-order valence-electron chi connectivity index (χ0n) is 31.6. The first-order valence-corrected chi connectivity index (χ1v) is 19.5. The molecule has 3 saturated carbocycles. The molecule has 2 aromatic heterocycles. The van der Waals surface area contributed by atoms with Crippen molar-refractivity contribution in [1.82, 2.24) is 24.8 Å². The summed E-state index contributed by atoms with van der Waals surface area (Å²) in [5.74, 6) is -8.61. The number of rotatable bonds is 9. The van der Waals surface area contributed by atoms with Crippen LogP contribution in [0.15, 0.2) is 30.6 Å². The number of aromatic nitrogens is 3. The lowest BCUT2D eigenvalue weighted by atomic mass is 9.56. The van der Waals surface area contributed by atoms with Gasteiger partial charge in [0, 0.05) is 68.3 Å². The van der Waals surface area contributed by atoms with Crippen LogP contribution in [0, 0.1) is 23.7 Å². The summed E-state index contributed by atoms with van der Waals surface area (Å²) in [6.45, 7) is 5.08. The monoisotopic (exact) mass is 795 g/mol. The summed E-state index contributed by atoms with van der Waals surface area (Å²) in [4.78, 5) is 36.5. The molecule has 0 spiro atoms. The molecule has 16 heteroatoms. The molecule has 1 amide bonds. The zero-order valence-corrected chi connectivity index (χ0v) is 31.6. The molecule has 4 aliphatic rings. The van der Waals surface area contributed by atoms with E-state index in [1.807, 2.05) is 6.92 Å². The van der Waals surface area contributed by atoms with Crippen LogP contribution in [0.5, 0.6) is 5.75 Å². The van der Waals surface area contributed by atoms with Crippen molar-refractivity contribution in [3.8, 4) is 17.1 Å². The first-order chi connectivity index (χ1) is 26.2. The molecule has 3 aromatic rings. The van der Waals surface area contributed by atoms with E-state index in [9.17, 15) is 45.4 Å². The molecule has 2 bridgehead atoms. The molecule has 56 heavy (non-hydrogen) atoms. The minimum atomic E-state index is -5.12. The van der Waals surface area contributed by atoms with Gasteiger partial charge >= 0.3 is 12.1 Å². The Bertz CT molecular complexity index is 1940. The average Bonchev–Trinajstić information content (AvgIpc) is 3.48. The first kappa shape index (κ1) is 40.3. The molecule has 5 atom stereocenters. The van der Waals surface area contributed by atoms with Gasteiger partial charge in [-0.25, -0.2) is 32.3 Å². The Morgan fingerprint density at radius 1 is 1.00 bits per heavy atom. The van der Waals surface area contributed by atoms with Crippen LogP contribution in [0.1, 0.15) is 107 Å². The first-order valence-electron chi connectivity index (χ1n) is 19.5. The van der Waals surface area contributed by atoms with Crippen LogP contribution in [0.4, 0.5) is 30.7 Å². The van der Waals surface area contributed by atoms with Crippen molar-refractivity contribution in [3.05, 3.63) is 41.9 Å². The molecule has 0 radical (unpaired) electrons. The van der Waals surface area contributed by atoms with Crippen LogP contribution < -0.4 is 10.1 Å². The minimum absolute atomic E-state index is 0.111. The van der Waals surface area contributed by atoms with Gasteiger partial charge in [-0.1, -0.05) is 13.8 Å². The quantitative estimate of drug-likeness (QED) is 0.208. The van der Waals surface area contributed by atoms with E-state index in [0.29, 0.717) is 61.8 Å². The Hall–Kier alpha value is -3.95. The van der Waals surface area contributed by atoms with E-state index >= 15 is 0 Å². The Kier molecular flexibility index (Phi) is 10.6. The number of piperidine rings is 1. The number of nitrogens with one attached hydrogen (secondary N) is 1. The smallest absolute Gasteiger partial charge is 0.434 e. The number of ether oxygens (including phenoxy) is 1. The summed E-state index contributed by atoms with van der Waals surface area (Å²) in [5.41, 5.74) is -3.51. The molecule has 3 aliphatic carbocycles. The van der Waals surface area contributed by atoms with Crippen LogP contribution in [-0.4, -0.2) is 79.5 Å². The minimum Gasteiger partial charge on any atom is -0.490 e. The van der Waals surface area contributed by atoms with Gasteiger partial charge in [0.05, 0.1) is 17.6 Å². The molecule has 2 N–H and O–H groups in total. The van der Waals surface area contributed by atoms with E-state index in [4.69, 9.17) is 4.74 Å². The highest BCUT2D eigenvalue weighted by atomic mass is 19.4. The van der Waals surface area contributed by atoms with Crippen molar-refractivity contribution >= 4 is 22.8 Å². The van der Waals surface area contributed by atoms with Gasteiger partial charge in [-0.2, -0.15) is 13.2 Å². The maximum absolute atomic E-state index is 14.8. The molecule has 5 unspecified atom stereocenters. The van der Waals surface area contributed by atoms with Crippen molar-refractivity contribution in [1.29, 1.82) is 0 Å². The number of carbonyl (C=O) groups is 2. The fraction of sp³-hybridized carbons (Fsp3) is 0.650. The lowest BCUT2D eigenvalue weighted by Gasteiger charge is -2.52. The lowest BCUT2D eigenvalue weighted by molar-refractivity contribution is -0.155. The van der Waals surface area contributed by atoms with Crippen molar-refractivity contribution in [2.75, 3.05) is 19.6 Å². The zero-order chi connectivity index (χ0) is 40.4. The van der Waals surface area contributed by atoms with Gasteiger partial charge in [-0.05, 0) is 87.2 Å². The van der Waals surface area contributed by atoms with Gasteiger partial charge in [-0.3, -0.25) is 9.69 Å². The normalized spacial score (nSPS) is 28.0. The topological polar surface area (TPSA) is 110 Å². The number of carboxylic acid groups (broad SMARTS) is 1. The fourth-order valence-electron chi connectivity index (χ4n) is 10.1. The molecule has 1 aliphatic heterocycles. The van der Waals surface area contributed by atoms with E-state index in [1.54, 1.807) is 40.8 Å². The summed E-state index contributed by atoms with van der Waals surface area (Å²) >= 11 is 0. The van der Waals surface area contributed by atoms with Crippen LogP contribution in [0.3, 0.4) is 0 Å². The number of halogens is 7. The van der Waals surface area contributed by atoms with Crippen LogP contribution in [0.25, 0.3) is 22.3 Å². The van der Waals surface area contributed by atoms with Crippen molar-refractivity contribution < 1.29 is 50.2 Å². The predicted molar refractivity (Wildman–Crippen MR) is 193 cm³/mol. The molecule has 7 rings (SSSR count). The molecule has 9 nitrogen and oxygen atoms in total. The number of benzene rings is 1. The third kappa shape index (κ3) is 8.08. The van der Waals surface area contributed by atoms with Crippen molar-refractivity contribution in [2.45, 2.75) is 121 Å². The van der Waals surface area contributed by atoms with Gasteiger partial charge in [0.1, 0.15) is 17.4 Å². The molecule has 3 heterocycles. The SMILES string of the molecule is CC1CC2CC(C)C(NC(=O)c3cnc(-c4cn(C5CCC(F)(F)CC5)c5cc(OC6CCN(CC(C)(F)F)CC6)ccc45)nc3C(F)(F)F)(C(=O)O)C(C1)C2. The number of likely N-dealkylation sites (tertiary alicyclic amines) is 1. The molecule has 4 fully saturated rings. The summed E-state index contributed by atoms with van der Waals surface area (Å²) in [5, 5.41) is 13.5. The highest BCUT2D eigenvalue weighted by Crippen LogP contribution is 2.51. The van der Waals surface area contributed by atoms with Gasteiger partial charge in [0.2, 0.25) is 5.92 Å². The standard InChI is InChI=1S/C40H48F7N5O4/c1-22-14-24-16-23(2)39(36(54)55,25(15-22)17-24)50-35(53)30-19-48-34(49-33(30)40(45,46)47)31-20-52(26-6-10-38(43,44)11-7-26)32-18-28(4-5-29(31)32)56-27-8-12-51(13-9-27)21-37(3,41)42/h4-5,18-20,22-27H,6-17,21H2,1-3H3,(H,50,53)(H,54,55). The number of hydrogen-bond donors (Lipinski definition) is 2. The largest absolute Gasteiger partial charge is 0.490 e. The van der Waals surface area contributed by atoms with E-state index < -0.39 is 64.6 Å². The molecular weight excluding hydrogens is 747 g/mol. The second-order valence-electron chi connectivity index (χ2n) is 17.0. The molecule has 306 valence electrons. The summed E-state index contributed by atoms with van der Waals surface area (Å²) < 4.78 is 108. The highest BCUT2D eigenvalue weighted by Gasteiger charge is 2.57. The van der Waals surface area contributed by atoms with Crippen molar-refractivity contribution in [2.24, 2.45) is 23.7 Å². The molecular formula is C40H48F7N5O4. The lowest BCUT2D eigenvalue weighted by Crippen LogP contribution is -2.66. The average molecular weight is 796 g/mol. The Balaban J connectivity index is 1.22. The number of aliphatic carboxylic acids is 1. The van der Waals surface area contributed by atoms with E-state index in [1.165, 1.54) is 0 Å². The van der Waals surface area contributed by atoms with Crippen LogP contribution in [0.2, 0.25) is 0 Å². The Labute approximate surface area is 320 Å². The van der Waals surface area contributed by atoms with E-state index in [2.05, 4.69) is 15.3 Å². The predicted octanol–water partition coefficient (Wildman–Crippen LogP) is 9.01. The number of amides is 1. The molecule has 1 saturated heterocycles. The maximum atomic E-state index is 14.8. The van der Waals surface area contributed by atoms with Gasteiger partial charge < -0.3 is 19.7 Å². The van der Waals surface area contributed by atoms with Gasteiger partial charge in [-0.15, -0.1) is 0 Å². The van der Waals surface area contributed by atoms with E-state index in [0.717, 1.165) is 19.5 Å². The second-order valence-corrected chi connectivity index (χ2v) is 17.0. The van der Waals surface area contributed by atoms with Gasteiger partial charge in [0.15, 0.2) is 11.5 Å². The number of carbonyl (C=O) groups excluding carboxylic acids is 1. The van der Waals surface area contributed by atoms with E-state index in [-0.39, 0.29) is 61.6 Å². The van der Waals surface area contributed by atoms with Gasteiger partial charge in [0.25, 0.3) is 11.8 Å². The maximum Gasteiger partial charge on any atom is 0.434 e. The second kappa shape index (κ2) is 14.8. The number of fused-ring (bicyclic) bond motifs is 3. The Morgan fingerprint density at radius 2 is 1.70 bits per heavy atom. The van der Waals surface area contributed by atoms with Crippen LogP contribution in [-0.2, 0) is 11.0 Å². The summed E-state index contributed by atoms with van der Waals surface area (Å²) in [7, 11) is 0. The van der Waals surface area contributed by atoms with Crippen LogP contribution >= 0.6 is 0 Å². The number of alkyl halides is 7. The summed E-state index contributed by atoms with van der Waals surface area (Å²) in [6.07, 6.45) is -0.0729. The summed E-state index contributed by atoms with van der Waals surface area (Å²) in [6, 6.07) is 4.55.